The fourth-order valence-corrected chi connectivity index (χ4v) is 3.07. The molecule has 0 bridgehead atoms. The Morgan fingerprint density at radius 3 is 2.45 bits per heavy atom. The first-order valence-electron chi connectivity index (χ1n) is 7.45. The molecule has 0 atom stereocenters. The SMILES string of the molecule is CCC1CCC(N(C)C(=O)c2ccc(N)cc2N)CC1. The second kappa shape index (κ2) is 6.16. The lowest BCUT2D eigenvalue weighted by molar-refractivity contribution is 0.0676. The molecule has 1 aromatic rings. The highest BCUT2D eigenvalue weighted by Gasteiger charge is 2.27. The van der Waals surface area contributed by atoms with Crippen LogP contribution in [-0.2, 0) is 0 Å². The molecule has 1 aromatic carbocycles. The predicted molar refractivity (Wildman–Crippen MR) is 83.4 cm³/mol. The highest BCUT2D eigenvalue weighted by molar-refractivity contribution is 5.99. The number of hydrogen-bond acceptors (Lipinski definition) is 3. The first kappa shape index (κ1) is 14.7. The minimum Gasteiger partial charge on any atom is -0.399 e. The molecule has 1 fully saturated rings. The molecule has 2 rings (SSSR count). The Morgan fingerprint density at radius 1 is 1.25 bits per heavy atom. The highest BCUT2D eigenvalue weighted by Crippen LogP contribution is 2.30. The maximum absolute atomic E-state index is 12.5. The van der Waals surface area contributed by atoms with Crippen LogP contribution in [0.3, 0.4) is 0 Å². The molecule has 4 nitrogen and oxygen atoms in total. The van der Waals surface area contributed by atoms with E-state index in [9.17, 15) is 4.79 Å². The number of rotatable bonds is 3. The van der Waals surface area contributed by atoms with E-state index in [-0.39, 0.29) is 5.91 Å². The topological polar surface area (TPSA) is 72.3 Å². The molecule has 0 radical (unpaired) electrons. The van der Waals surface area contributed by atoms with Crippen LogP contribution < -0.4 is 11.5 Å². The third kappa shape index (κ3) is 3.06. The average molecular weight is 275 g/mol. The zero-order valence-corrected chi connectivity index (χ0v) is 12.4. The molecule has 0 unspecified atom stereocenters. The number of hydrogen-bond donors (Lipinski definition) is 2. The smallest absolute Gasteiger partial charge is 0.255 e. The van der Waals surface area contributed by atoms with Gasteiger partial charge in [-0.05, 0) is 49.8 Å². The van der Waals surface area contributed by atoms with Crippen LogP contribution in [0.2, 0.25) is 0 Å². The van der Waals surface area contributed by atoms with Crippen molar-refractivity contribution in [2.45, 2.75) is 45.1 Å². The van der Waals surface area contributed by atoms with E-state index in [2.05, 4.69) is 6.92 Å². The summed E-state index contributed by atoms with van der Waals surface area (Å²) < 4.78 is 0. The van der Waals surface area contributed by atoms with Crippen LogP contribution in [0, 0.1) is 5.92 Å². The number of anilines is 2. The number of nitrogens with zero attached hydrogens (tertiary/aromatic N) is 1. The van der Waals surface area contributed by atoms with Crippen molar-refractivity contribution in [3.8, 4) is 0 Å². The fourth-order valence-electron chi connectivity index (χ4n) is 3.07. The number of nitrogens with two attached hydrogens (primary N) is 2. The summed E-state index contributed by atoms with van der Waals surface area (Å²) in [7, 11) is 1.88. The molecule has 0 aromatic heterocycles. The monoisotopic (exact) mass is 275 g/mol. The summed E-state index contributed by atoms with van der Waals surface area (Å²) in [5.41, 5.74) is 13.2. The normalized spacial score (nSPS) is 22.5. The maximum atomic E-state index is 12.5. The van der Waals surface area contributed by atoms with Gasteiger partial charge in [-0.2, -0.15) is 0 Å². The third-order valence-corrected chi connectivity index (χ3v) is 4.57. The summed E-state index contributed by atoms with van der Waals surface area (Å²) in [5, 5.41) is 0. The van der Waals surface area contributed by atoms with Gasteiger partial charge in [0, 0.05) is 24.5 Å². The van der Waals surface area contributed by atoms with Crippen molar-refractivity contribution in [2.24, 2.45) is 5.92 Å². The van der Waals surface area contributed by atoms with Crippen LogP contribution >= 0.6 is 0 Å². The molecule has 1 aliphatic rings. The summed E-state index contributed by atoms with van der Waals surface area (Å²) in [5.74, 6) is 0.832. The van der Waals surface area contributed by atoms with Crippen LogP contribution in [0.25, 0.3) is 0 Å². The minimum absolute atomic E-state index is 0.00227. The molecule has 0 aliphatic heterocycles. The summed E-state index contributed by atoms with van der Waals surface area (Å²) in [6.07, 6.45) is 5.87. The van der Waals surface area contributed by atoms with Gasteiger partial charge in [0.1, 0.15) is 0 Å². The Balaban J connectivity index is 2.05. The molecule has 1 amide bonds. The number of nitrogen functional groups attached to an aromatic ring is 2. The first-order valence-corrected chi connectivity index (χ1v) is 7.45. The van der Waals surface area contributed by atoms with E-state index in [0.29, 0.717) is 23.0 Å². The molecule has 1 aliphatic carbocycles. The van der Waals surface area contributed by atoms with Crippen molar-refractivity contribution in [1.29, 1.82) is 0 Å². The van der Waals surface area contributed by atoms with E-state index in [1.807, 2.05) is 11.9 Å². The van der Waals surface area contributed by atoms with Gasteiger partial charge < -0.3 is 16.4 Å². The van der Waals surface area contributed by atoms with Crippen LogP contribution in [-0.4, -0.2) is 23.9 Å². The molecule has 4 N–H and O–H groups in total. The Kier molecular flexibility index (Phi) is 4.53. The van der Waals surface area contributed by atoms with Crippen LogP contribution in [0.5, 0.6) is 0 Å². The zero-order valence-electron chi connectivity index (χ0n) is 12.4. The van der Waals surface area contributed by atoms with Gasteiger partial charge in [0.2, 0.25) is 0 Å². The number of amides is 1. The molecule has 0 saturated heterocycles. The quantitative estimate of drug-likeness (QED) is 0.833. The molecule has 1 saturated carbocycles. The lowest BCUT2D eigenvalue weighted by Crippen LogP contribution is -2.39. The summed E-state index contributed by atoms with van der Waals surface area (Å²) in [4.78, 5) is 14.4. The first-order chi connectivity index (χ1) is 9.52. The van der Waals surface area contributed by atoms with Gasteiger partial charge in [-0.15, -0.1) is 0 Å². The number of carbonyl (C=O) groups is 1. The Labute approximate surface area is 121 Å². The summed E-state index contributed by atoms with van der Waals surface area (Å²) in [6.45, 7) is 2.24. The molecular formula is C16H25N3O. The fraction of sp³-hybridized carbons (Fsp3) is 0.562. The van der Waals surface area contributed by atoms with E-state index in [0.717, 1.165) is 18.8 Å². The van der Waals surface area contributed by atoms with Gasteiger partial charge in [-0.3, -0.25) is 4.79 Å². The molecular weight excluding hydrogens is 250 g/mol. The van der Waals surface area contributed by atoms with Crippen LogP contribution in [0.1, 0.15) is 49.4 Å². The standard InChI is InChI=1S/C16H25N3O/c1-3-11-4-7-13(8-5-11)19(2)16(20)14-9-6-12(17)10-15(14)18/h6,9-11,13H,3-5,7-8,17-18H2,1-2H3. The van der Waals surface area contributed by atoms with Crippen molar-refractivity contribution < 1.29 is 4.79 Å². The lowest BCUT2D eigenvalue weighted by Gasteiger charge is -2.34. The number of benzene rings is 1. The van der Waals surface area contributed by atoms with Crippen LogP contribution in [0.15, 0.2) is 18.2 Å². The van der Waals surface area contributed by atoms with E-state index in [1.165, 1.54) is 19.3 Å². The van der Waals surface area contributed by atoms with Crippen LogP contribution in [0.4, 0.5) is 11.4 Å². The number of carbonyl (C=O) groups excluding carboxylic acids is 1. The van der Waals surface area contributed by atoms with Gasteiger partial charge in [0.05, 0.1) is 5.56 Å². The lowest BCUT2D eigenvalue weighted by atomic mass is 9.84. The van der Waals surface area contributed by atoms with E-state index in [1.54, 1.807) is 18.2 Å². The second-order valence-corrected chi connectivity index (χ2v) is 5.85. The minimum atomic E-state index is 0.00227. The van der Waals surface area contributed by atoms with Gasteiger partial charge in [-0.1, -0.05) is 13.3 Å². The molecule has 110 valence electrons. The molecule has 0 spiro atoms. The van der Waals surface area contributed by atoms with Crippen molar-refractivity contribution in [3.63, 3.8) is 0 Å². The van der Waals surface area contributed by atoms with E-state index in [4.69, 9.17) is 11.5 Å². The van der Waals surface area contributed by atoms with Crippen molar-refractivity contribution >= 4 is 17.3 Å². The zero-order chi connectivity index (χ0) is 14.7. The Hall–Kier alpha value is -1.71. The summed E-state index contributed by atoms with van der Waals surface area (Å²) in [6, 6.07) is 5.43. The second-order valence-electron chi connectivity index (χ2n) is 5.85. The van der Waals surface area contributed by atoms with E-state index < -0.39 is 0 Å². The Morgan fingerprint density at radius 2 is 1.90 bits per heavy atom. The van der Waals surface area contributed by atoms with Gasteiger partial charge in [-0.25, -0.2) is 0 Å². The molecule has 20 heavy (non-hydrogen) atoms. The average Bonchev–Trinajstić information content (AvgIpc) is 2.46. The van der Waals surface area contributed by atoms with Crippen molar-refractivity contribution in [3.05, 3.63) is 23.8 Å². The maximum Gasteiger partial charge on any atom is 0.255 e. The van der Waals surface area contributed by atoms with Gasteiger partial charge in [0.25, 0.3) is 5.91 Å². The van der Waals surface area contributed by atoms with Crippen molar-refractivity contribution in [2.75, 3.05) is 18.5 Å². The molecule has 0 heterocycles. The summed E-state index contributed by atoms with van der Waals surface area (Å²) >= 11 is 0. The largest absolute Gasteiger partial charge is 0.399 e. The van der Waals surface area contributed by atoms with Gasteiger partial charge >= 0.3 is 0 Å². The van der Waals surface area contributed by atoms with E-state index >= 15 is 0 Å². The molecule has 4 heteroatoms. The predicted octanol–water partition coefficient (Wildman–Crippen LogP) is 2.89. The van der Waals surface area contributed by atoms with Gasteiger partial charge in [0.15, 0.2) is 0 Å². The third-order valence-electron chi connectivity index (χ3n) is 4.57. The Bertz CT molecular complexity index is 479. The highest BCUT2D eigenvalue weighted by atomic mass is 16.2. The van der Waals surface area contributed by atoms with Crippen molar-refractivity contribution in [1.82, 2.24) is 4.90 Å².